The van der Waals surface area contributed by atoms with E-state index in [1.54, 1.807) is 20.3 Å². The fourth-order valence-corrected chi connectivity index (χ4v) is 4.24. The van der Waals surface area contributed by atoms with E-state index in [1.165, 1.54) is 11.3 Å². The highest BCUT2D eigenvalue weighted by Crippen LogP contribution is 2.41. The molecule has 1 aliphatic carbocycles. The van der Waals surface area contributed by atoms with Crippen LogP contribution in [0.2, 0.25) is 0 Å². The van der Waals surface area contributed by atoms with E-state index in [9.17, 15) is 5.11 Å². The zero-order chi connectivity index (χ0) is 21.3. The molecular weight excluding hydrogens is 378 g/mol. The van der Waals surface area contributed by atoms with Gasteiger partial charge in [0.15, 0.2) is 11.5 Å². The van der Waals surface area contributed by atoms with Crippen LogP contribution >= 0.6 is 0 Å². The monoisotopic (exact) mass is 407 g/mol. The third-order valence-corrected chi connectivity index (χ3v) is 5.79. The largest absolute Gasteiger partial charge is 0.504 e. The van der Waals surface area contributed by atoms with Crippen molar-refractivity contribution in [1.82, 2.24) is 15.1 Å². The molecule has 2 aromatic carbocycles. The van der Waals surface area contributed by atoms with Crippen molar-refractivity contribution in [2.45, 2.75) is 39.3 Å². The zero-order valence-corrected chi connectivity index (χ0v) is 18.0. The first-order chi connectivity index (χ1) is 14.4. The Labute approximate surface area is 177 Å². The molecule has 1 aliphatic rings. The van der Waals surface area contributed by atoms with Gasteiger partial charge in [-0.15, -0.1) is 0 Å². The van der Waals surface area contributed by atoms with Crippen molar-refractivity contribution >= 4 is 0 Å². The second-order valence-corrected chi connectivity index (χ2v) is 8.64. The maximum atomic E-state index is 9.83. The lowest BCUT2D eigenvalue weighted by atomic mass is 9.74. The fourth-order valence-electron chi connectivity index (χ4n) is 4.24. The van der Waals surface area contributed by atoms with Crippen LogP contribution in [0.25, 0.3) is 5.69 Å². The highest BCUT2D eigenvalue weighted by Gasteiger charge is 2.35. The Balaban J connectivity index is 1.60. The molecule has 6 heteroatoms. The molecule has 2 N–H and O–H groups in total. The highest BCUT2D eigenvalue weighted by atomic mass is 16.5. The van der Waals surface area contributed by atoms with Crippen molar-refractivity contribution in [3.63, 3.8) is 0 Å². The van der Waals surface area contributed by atoms with Gasteiger partial charge in [0, 0.05) is 23.8 Å². The first-order valence-electron chi connectivity index (χ1n) is 10.2. The predicted molar refractivity (Wildman–Crippen MR) is 116 cm³/mol. The normalized spacial score (nSPS) is 17.4. The molecule has 30 heavy (non-hydrogen) atoms. The van der Waals surface area contributed by atoms with Crippen molar-refractivity contribution in [3.05, 3.63) is 65.5 Å². The number of methoxy groups -OCH3 is 2. The summed E-state index contributed by atoms with van der Waals surface area (Å²) in [5, 5.41) is 18.2. The number of phenolic OH excluding ortho intramolecular Hbond substituents is 1. The van der Waals surface area contributed by atoms with Crippen LogP contribution in [0.4, 0.5) is 0 Å². The number of aromatic hydroxyl groups is 1. The summed E-state index contributed by atoms with van der Waals surface area (Å²) >= 11 is 0. The molecule has 0 bridgehead atoms. The third-order valence-electron chi connectivity index (χ3n) is 5.79. The minimum Gasteiger partial charge on any atom is -0.504 e. The van der Waals surface area contributed by atoms with Gasteiger partial charge in [-0.3, -0.25) is 0 Å². The van der Waals surface area contributed by atoms with E-state index in [4.69, 9.17) is 14.6 Å². The van der Waals surface area contributed by atoms with Crippen molar-refractivity contribution in [1.29, 1.82) is 0 Å². The summed E-state index contributed by atoms with van der Waals surface area (Å²) in [6, 6.07) is 13.7. The molecule has 0 aliphatic heterocycles. The van der Waals surface area contributed by atoms with Gasteiger partial charge in [0.05, 0.1) is 26.1 Å². The van der Waals surface area contributed by atoms with Gasteiger partial charge in [-0.2, -0.15) is 5.10 Å². The van der Waals surface area contributed by atoms with Crippen LogP contribution in [0.15, 0.2) is 48.7 Å². The van der Waals surface area contributed by atoms with Gasteiger partial charge >= 0.3 is 0 Å². The summed E-state index contributed by atoms with van der Waals surface area (Å²) in [5.74, 6) is 1.48. The van der Waals surface area contributed by atoms with Crippen LogP contribution in [-0.4, -0.2) is 29.1 Å². The average Bonchev–Trinajstić information content (AvgIpc) is 3.15. The molecule has 0 spiro atoms. The standard InChI is InChI=1S/C24H29N3O3/c1-24(2)12-20(25-14-16-5-10-22(28)23(11-16)30-4)19-15-26-27(21(19)13-24)17-6-8-18(29-3)9-7-17/h5-11,15,20,25,28H,12-14H2,1-4H3/t20-/m0/s1. The van der Waals surface area contributed by atoms with E-state index < -0.39 is 0 Å². The summed E-state index contributed by atoms with van der Waals surface area (Å²) in [6.45, 7) is 5.30. The first kappa shape index (κ1) is 20.3. The zero-order valence-electron chi connectivity index (χ0n) is 18.0. The molecule has 1 aromatic heterocycles. The molecule has 1 heterocycles. The molecule has 3 aromatic rings. The summed E-state index contributed by atoms with van der Waals surface area (Å²) in [7, 11) is 3.24. The molecule has 0 unspecified atom stereocenters. The Bertz CT molecular complexity index is 1020. The van der Waals surface area contributed by atoms with E-state index >= 15 is 0 Å². The van der Waals surface area contributed by atoms with E-state index in [0.717, 1.165) is 29.8 Å². The van der Waals surface area contributed by atoms with Crippen LogP contribution in [0.5, 0.6) is 17.2 Å². The Morgan fingerprint density at radius 2 is 1.90 bits per heavy atom. The number of nitrogens with zero attached hydrogens (tertiary/aromatic N) is 2. The van der Waals surface area contributed by atoms with Crippen LogP contribution < -0.4 is 14.8 Å². The quantitative estimate of drug-likeness (QED) is 0.634. The number of benzene rings is 2. The third kappa shape index (κ3) is 4.00. The molecular formula is C24H29N3O3. The van der Waals surface area contributed by atoms with E-state index in [-0.39, 0.29) is 17.2 Å². The van der Waals surface area contributed by atoms with E-state index in [2.05, 4.69) is 19.2 Å². The molecule has 0 saturated heterocycles. The first-order valence-corrected chi connectivity index (χ1v) is 10.2. The van der Waals surface area contributed by atoms with Gasteiger partial charge in [-0.25, -0.2) is 4.68 Å². The minimum absolute atomic E-state index is 0.154. The van der Waals surface area contributed by atoms with Gasteiger partial charge in [0.1, 0.15) is 5.75 Å². The molecule has 158 valence electrons. The smallest absolute Gasteiger partial charge is 0.160 e. The van der Waals surface area contributed by atoms with E-state index in [0.29, 0.717) is 12.3 Å². The number of aromatic nitrogens is 2. The maximum absolute atomic E-state index is 9.83. The van der Waals surface area contributed by atoms with Gasteiger partial charge in [-0.05, 0) is 60.2 Å². The SMILES string of the molecule is COc1ccc(-n2ncc3c2CC(C)(C)C[C@@H]3NCc2ccc(O)c(OC)c2)cc1. The highest BCUT2D eigenvalue weighted by molar-refractivity contribution is 5.43. The molecule has 0 amide bonds. The van der Waals surface area contributed by atoms with Crippen molar-refractivity contribution in [3.8, 4) is 22.9 Å². The van der Waals surface area contributed by atoms with Gasteiger partial charge in [0.2, 0.25) is 0 Å². The lowest BCUT2D eigenvalue weighted by molar-refractivity contribution is 0.252. The van der Waals surface area contributed by atoms with Crippen LogP contribution in [0.1, 0.15) is 43.1 Å². The summed E-state index contributed by atoms with van der Waals surface area (Å²) in [5.41, 5.74) is 4.75. The maximum Gasteiger partial charge on any atom is 0.160 e. The van der Waals surface area contributed by atoms with Crippen LogP contribution in [0.3, 0.4) is 0 Å². The van der Waals surface area contributed by atoms with Crippen molar-refractivity contribution in [2.75, 3.05) is 14.2 Å². The van der Waals surface area contributed by atoms with Gasteiger partial charge in [0.25, 0.3) is 0 Å². The van der Waals surface area contributed by atoms with Gasteiger partial charge < -0.3 is 19.9 Å². The summed E-state index contributed by atoms with van der Waals surface area (Å²) in [4.78, 5) is 0. The number of hydrogen-bond acceptors (Lipinski definition) is 5. The molecule has 1 atom stereocenters. The van der Waals surface area contributed by atoms with Gasteiger partial charge in [-0.1, -0.05) is 19.9 Å². The predicted octanol–water partition coefficient (Wildman–Crippen LogP) is 4.40. The Hall–Kier alpha value is -2.99. The molecule has 0 saturated carbocycles. The molecule has 0 radical (unpaired) electrons. The fraction of sp³-hybridized carbons (Fsp3) is 0.375. The van der Waals surface area contributed by atoms with E-state index in [1.807, 2.05) is 47.3 Å². The summed E-state index contributed by atoms with van der Waals surface area (Å²) < 4.78 is 12.6. The number of phenols is 1. The van der Waals surface area contributed by atoms with Crippen LogP contribution in [0, 0.1) is 5.41 Å². The van der Waals surface area contributed by atoms with Crippen molar-refractivity contribution < 1.29 is 14.6 Å². The Morgan fingerprint density at radius 3 is 2.60 bits per heavy atom. The number of fused-ring (bicyclic) bond motifs is 1. The molecule has 4 rings (SSSR count). The van der Waals surface area contributed by atoms with Crippen LogP contribution in [-0.2, 0) is 13.0 Å². The van der Waals surface area contributed by atoms with Crippen molar-refractivity contribution in [2.24, 2.45) is 5.41 Å². The lowest BCUT2D eigenvalue weighted by Gasteiger charge is -2.36. The number of ether oxygens (including phenoxy) is 2. The lowest BCUT2D eigenvalue weighted by Crippen LogP contribution is -2.33. The Kier molecular flexibility index (Phi) is 5.43. The number of hydrogen-bond donors (Lipinski definition) is 2. The molecule has 6 nitrogen and oxygen atoms in total. The molecule has 0 fully saturated rings. The Morgan fingerprint density at radius 1 is 1.13 bits per heavy atom. The minimum atomic E-state index is 0.154. The second-order valence-electron chi connectivity index (χ2n) is 8.64. The summed E-state index contributed by atoms with van der Waals surface area (Å²) in [6.07, 6.45) is 3.99. The number of rotatable bonds is 6. The second kappa shape index (κ2) is 8.03. The number of nitrogens with one attached hydrogen (secondary N) is 1. The average molecular weight is 408 g/mol. The topological polar surface area (TPSA) is 68.5 Å².